The number of benzene rings is 1. The van der Waals surface area contributed by atoms with E-state index in [9.17, 15) is 9.59 Å². The lowest BCUT2D eigenvalue weighted by Gasteiger charge is -2.33. The maximum atomic E-state index is 12.8. The van der Waals surface area contributed by atoms with Crippen LogP contribution in [-0.4, -0.2) is 33.5 Å². The number of hydrogen-bond donors (Lipinski definition) is 1. The normalized spacial score (nSPS) is 15.9. The Hall–Kier alpha value is -2.47. The van der Waals surface area contributed by atoms with Gasteiger partial charge in [-0.2, -0.15) is 0 Å². The van der Waals surface area contributed by atoms with E-state index in [0.717, 1.165) is 18.4 Å². The molecule has 7 heteroatoms. The van der Waals surface area contributed by atoms with Crippen LogP contribution in [0.1, 0.15) is 30.9 Å². The minimum absolute atomic E-state index is 0.00700. The van der Waals surface area contributed by atoms with Crippen LogP contribution in [0.5, 0.6) is 0 Å². The van der Waals surface area contributed by atoms with Gasteiger partial charge in [-0.25, -0.2) is 0 Å². The van der Waals surface area contributed by atoms with Gasteiger partial charge >= 0.3 is 0 Å². The second kappa shape index (κ2) is 7.40. The first-order chi connectivity index (χ1) is 11.6. The second-order valence-electron chi connectivity index (χ2n) is 5.59. The van der Waals surface area contributed by atoms with Gasteiger partial charge in [-0.3, -0.25) is 9.59 Å². The van der Waals surface area contributed by atoms with E-state index in [1.165, 1.54) is 0 Å². The van der Waals surface area contributed by atoms with Crippen LogP contribution < -0.4 is 5.32 Å². The van der Waals surface area contributed by atoms with Crippen LogP contribution in [0.25, 0.3) is 0 Å². The standard InChI is InChI=1S/C17H17ClN4O2/c18-13-9-10-14(21-20-13)19-17(24)16(12-6-2-1-3-7-12)22-11-5-4-8-15(22)23/h1-3,6-7,9-10,16H,4-5,8,11H2,(H,19,21,24)/t16-/m1/s1. The molecular formula is C17H17ClN4O2. The molecule has 24 heavy (non-hydrogen) atoms. The van der Waals surface area contributed by atoms with E-state index in [1.807, 2.05) is 30.3 Å². The topological polar surface area (TPSA) is 75.2 Å². The minimum atomic E-state index is -0.684. The average molecular weight is 345 g/mol. The summed E-state index contributed by atoms with van der Waals surface area (Å²) in [5.41, 5.74) is 0.771. The molecule has 1 aromatic heterocycles. The van der Waals surface area contributed by atoms with Crippen molar-refractivity contribution < 1.29 is 9.59 Å². The molecule has 0 aliphatic carbocycles. The fraction of sp³-hybridized carbons (Fsp3) is 0.294. The molecule has 1 aliphatic heterocycles. The lowest BCUT2D eigenvalue weighted by atomic mass is 10.0. The van der Waals surface area contributed by atoms with Gasteiger partial charge in [0, 0.05) is 13.0 Å². The highest BCUT2D eigenvalue weighted by molar-refractivity contribution is 6.29. The highest BCUT2D eigenvalue weighted by Crippen LogP contribution is 2.26. The summed E-state index contributed by atoms with van der Waals surface area (Å²) in [5, 5.41) is 10.5. The number of hydrogen-bond acceptors (Lipinski definition) is 4. The summed E-state index contributed by atoms with van der Waals surface area (Å²) in [5.74, 6) is -0.0182. The average Bonchev–Trinajstić information content (AvgIpc) is 2.60. The minimum Gasteiger partial charge on any atom is -0.327 e. The zero-order valence-corrected chi connectivity index (χ0v) is 13.7. The number of carbonyl (C=O) groups excluding carboxylic acids is 2. The van der Waals surface area contributed by atoms with Crippen LogP contribution in [0.15, 0.2) is 42.5 Å². The quantitative estimate of drug-likeness (QED) is 0.925. The molecule has 1 atom stereocenters. The summed E-state index contributed by atoms with van der Waals surface area (Å²) in [6.07, 6.45) is 2.22. The van der Waals surface area contributed by atoms with Crippen molar-refractivity contribution in [3.05, 3.63) is 53.2 Å². The van der Waals surface area contributed by atoms with Gasteiger partial charge in [0.2, 0.25) is 5.91 Å². The van der Waals surface area contributed by atoms with Crippen molar-refractivity contribution in [1.29, 1.82) is 0 Å². The van der Waals surface area contributed by atoms with Gasteiger partial charge < -0.3 is 10.2 Å². The third-order valence-electron chi connectivity index (χ3n) is 3.92. The van der Waals surface area contributed by atoms with Gasteiger partial charge in [-0.1, -0.05) is 41.9 Å². The van der Waals surface area contributed by atoms with Crippen molar-refractivity contribution >= 4 is 29.2 Å². The van der Waals surface area contributed by atoms with Crippen LogP contribution in [0.2, 0.25) is 5.15 Å². The number of amides is 2. The Bertz CT molecular complexity index is 721. The number of anilines is 1. The number of aromatic nitrogens is 2. The maximum Gasteiger partial charge on any atom is 0.253 e. The molecule has 1 N–H and O–H groups in total. The highest BCUT2D eigenvalue weighted by atomic mass is 35.5. The first-order valence-electron chi connectivity index (χ1n) is 7.79. The fourth-order valence-corrected chi connectivity index (χ4v) is 2.89. The van der Waals surface area contributed by atoms with Gasteiger partial charge in [0.15, 0.2) is 11.0 Å². The van der Waals surface area contributed by atoms with Crippen molar-refractivity contribution in [2.24, 2.45) is 0 Å². The lowest BCUT2D eigenvalue weighted by Crippen LogP contribution is -2.43. The third-order valence-corrected chi connectivity index (χ3v) is 4.12. The fourth-order valence-electron chi connectivity index (χ4n) is 2.79. The van der Waals surface area contributed by atoms with E-state index in [4.69, 9.17) is 11.6 Å². The Kier molecular flexibility index (Phi) is 5.05. The SMILES string of the molecule is O=C(Nc1ccc(Cl)nn1)[C@@H](c1ccccc1)N1CCCCC1=O. The van der Waals surface area contributed by atoms with Crippen molar-refractivity contribution in [1.82, 2.24) is 15.1 Å². The summed E-state index contributed by atoms with van der Waals surface area (Å²) < 4.78 is 0. The molecule has 3 rings (SSSR count). The molecule has 1 saturated heterocycles. The second-order valence-corrected chi connectivity index (χ2v) is 5.98. The zero-order valence-electron chi connectivity index (χ0n) is 13.0. The van der Waals surface area contributed by atoms with Crippen molar-refractivity contribution in [3.63, 3.8) is 0 Å². The highest BCUT2D eigenvalue weighted by Gasteiger charge is 2.32. The number of carbonyl (C=O) groups is 2. The van der Waals surface area contributed by atoms with E-state index < -0.39 is 6.04 Å². The smallest absolute Gasteiger partial charge is 0.253 e. The van der Waals surface area contributed by atoms with E-state index >= 15 is 0 Å². The Labute approximate surface area is 144 Å². The Balaban J connectivity index is 1.87. The predicted octanol–water partition coefficient (Wildman–Crippen LogP) is 2.82. The Morgan fingerprint density at radius 3 is 2.58 bits per heavy atom. The van der Waals surface area contributed by atoms with Crippen LogP contribution in [0, 0.1) is 0 Å². The number of nitrogens with one attached hydrogen (secondary N) is 1. The van der Waals surface area contributed by atoms with Gasteiger partial charge in [-0.15, -0.1) is 10.2 Å². The molecule has 124 valence electrons. The van der Waals surface area contributed by atoms with Crippen LogP contribution in [0.4, 0.5) is 5.82 Å². The largest absolute Gasteiger partial charge is 0.327 e. The third kappa shape index (κ3) is 3.71. The van der Waals surface area contributed by atoms with Gasteiger partial charge in [0.25, 0.3) is 5.91 Å². The van der Waals surface area contributed by atoms with E-state index in [1.54, 1.807) is 17.0 Å². The van der Waals surface area contributed by atoms with E-state index in [0.29, 0.717) is 18.8 Å². The molecule has 0 radical (unpaired) electrons. The molecule has 2 heterocycles. The molecule has 6 nitrogen and oxygen atoms in total. The van der Waals surface area contributed by atoms with Crippen molar-refractivity contribution in [2.45, 2.75) is 25.3 Å². The molecule has 2 amide bonds. The summed E-state index contributed by atoms with van der Waals surface area (Å²) in [7, 11) is 0. The summed E-state index contributed by atoms with van der Waals surface area (Å²) in [6, 6.07) is 11.7. The molecule has 0 bridgehead atoms. The molecule has 0 saturated carbocycles. The molecule has 1 aromatic carbocycles. The van der Waals surface area contributed by atoms with E-state index in [2.05, 4.69) is 15.5 Å². The van der Waals surface area contributed by atoms with Gasteiger partial charge in [0.1, 0.15) is 6.04 Å². The monoisotopic (exact) mass is 344 g/mol. The summed E-state index contributed by atoms with van der Waals surface area (Å²) in [6.45, 7) is 0.568. The van der Waals surface area contributed by atoms with Gasteiger partial charge in [0.05, 0.1) is 0 Å². The van der Waals surface area contributed by atoms with E-state index in [-0.39, 0.29) is 17.0 Å². The number of nitrogens with zero attached hydrogens (tertiary/aromatic N) is 3. The zero-order chi connectivity index (χ0) is 16.9. The first kappa shape index (κ1) is 16.4. The molecule has 0 unspecified atom stereocenters. The van der Waals surface area contributed by atoms with Crippen molar-refractivity contribution in [3.8, 4) is 0 Å². The number of likely N-dealkylation sites (tertiary alicyclic amines) is 1. The summed E-state index contributed by atoms with van der Waals surface area (Å²) in [4.78, 5) is 26.8. The Morgan fingerprint density at radius 1 is 1.12 bits per heavy atom. The molecule has 1 aliphatic rings. The number of rotatable bonds is 4. The van der Waals surface area contributed by atoms with Gasteiger partial charge in [-0.05, 0) is 30.5 Å². The molecular weight excluding hydrogens is 328 g/mol. The lowest BCUT2D eigenvalue weighted by molar-refractivity contribution is -0.141. The molecule has 1 fully saturated rings. The number of piperidine rings is 1. The number of halogens is 1. The first-order valence-corrected chi connectivity index (χ1v) is 8.17. The van der Waals surface area contributed by atoms with Crippen LogP contribution in [-0.2, 0) is 9.59 Å². The maximum absolute atomic E-state index is 12.8. The summed E-state index contributed by atoms with van der Waals surface area (Å²) >= 11 is 5.71. The molecule has 0 spiro atoms. The molecule has 2 aromatic rings. The van der Waals surface area contributed by atoms with Crippen LogP contribution in [0.3, 0.4) is 0 Å². The predicted molar refractivity (Wildman–Crippen MR) is 90.4 cm³/mol. The van der Waals surface area contributed by atoms with Crippen molar-refractivity contribution in [2.75, 3.05) is 11.9 Å². The Morgan fingerprint density at radius 2 is 1.92 bits per heavy atom. The van der Waals surface area contributed by atoms with Crippen LogP contribution >= 0.6 is 11.6 Å².